The van der Waals surface area contributed by atoms with Crippen LogP contribution in [0.4, 0.5) is 8.78 Å². The summed E-state index contributed by atoms with van der Waals surface area (Å²) in [5, 5.41) is 12.0. The highest BCUT2D eigenvalue weighted by atomic mass is 19.2. The number of hydrogen-bond acceptors (Lipinski definition) is 3. The number of methoxy groups -OCH3 is 1. The Morgan fingerprint density at radius 2 is 2.20 bits per heavy atom. The van der Waals surface area contributed by atoms with Gasteiger partial charge in [-0.05, 0) is 24.5 Å². The van der Waals surface area contributed by atoms with Gasteiger partial charge in [0.2, 0.25) is 5.91 Å². The number of benzene rings is 1. The average molecular weight is 287 g/mol. The van der Waals surface area contributed by atoms with Gasteiger partial charge in [0.25, 0.3) is 0 Å². The van der Waals surface area contributed by atoms with Crippen molar-refractivity contribution in [3.8, 4) is 0 Å². The Balaban J connectivity index is 2.28. The van der Waals surface area contributed by atoms with E-state index in [0.717, 1.165) is 6.07 Å². The summed E-state index contributed by atoms with van der Waals surface area (Å²) in [6, 6.07) is 3.90. The molecular formula is C14H19F2NO3. The van der Waals surface area contributed by atoms with E-state index < -0.39 is 17.7 Å². The number of halogens is 2. The molecule has 0 saturated carbocycles. The molecule has 0 heterocycles. The molecule has 1 atom stereocenters. The minimum Gasteiger partial charge on any atom is -0.391 e. The molecule has 0 saturated heterocycles. The molecule has 20 heavy (non-hydrogen) atoms. The first kappa shape index (κ1) is 16.5. The van der Waals surface area contributed by atoms with E-state index in [0.29, 0.717) is 13.0 Å². The maximum absolute atomic E-state index is 13.3. The Hall–Kier alpha value is -1.53. The van der Waals surface area contributed by atoms with E-state index in [2.05, 4.69) is 5.32 Å². The van der Waals surface area contributed by atoms with Crippen LogP contribution in [0.15, 0.2) is 18.2 Å². The lowest BCUT2D eigenvalue weighted by molar-refractivity contribution is -0.121. The fourth-order valence-electron chi connectivity index (χ4n) is 1.73. The quantitative estimate of drug-likeness (QED) is 0.760. The number of aliphatic hydroxyl groups is 1. The van der Waals surface area contributed by atoms with E-state index in [-0.39, 0.29) is 30.9 Å². The first-order valence-electron chi connectivity index (χ1n) is 6.41. The van der Waals surface area contributed by atoms with E-state index in [1.165, 1.54) is 19.2 Å². The summed E-state index contributed by atoms with van der Waals surface area (Å²) in [4.78, 5) is 11.5. The zero-order valence-electron chi connectivity index (χ0n) is 11.4. The molecule has 0 aliphatic carbocycles. The molecule has 0 spiro atoms. The monoisotopic (exact) mass is 287 g/mol. The summed E-state index contributed by atoms with van der Waals surface area (Å²) in [7, 11) is 1.48. The SMILES string of the molecule is COCC(O)CCNC(=O)CCc1cccc(F)c1F. The summed E-state index contributed by atoms with van der Waals surface area (Å²) in [5.74, 6) is -2.08. The number of aryl methyl sites for hydroxylation is 1. The van der Waals surface area contributed by atoms with Crippen LogP contribution in [0.2, 0.25) is 0 Å². The van der Waals surface area contributed by atoms with Crippen LogP contribution in [0.1, 0.15) is 18.4 Å². The maximum Gasteiger partial charge on any atom is 0.220 e. The van der Waals surface area contributed by atoms with Crippen molar-refractivity contribution in [1.82, 2.24) is 5.32 Å². The number of carbonyl (C=O) groups is 1. The van der Waals surface area contributed by atoms with Crippen LogP contribution < -0.4 is 5.32 Å². The lowest BCUT2D eigenvalue weighted by Gasteiger charge is -2.10. The van der Waals surface area contributed by atoms with Crippen LogP contribution in [0.3, 0.4) is 0 Å². The molecule has 0 aliphatic heterocycles. The van der Waals surface area contributed by atoms with Crippen LogP contribution in [0.25, 0.3) is 0 Å². The lowest BCUT2D eigenvalue weighted by Crippen LogP contribution is -2.28. The Labute approximate surface area is 116 Å². The van der Waals surface area contributed by atoms with Crippen molar-refractivity contribution in [3.05, 3.63) is 35.4 Å². The zero-order chi connectivity index (χ0) is 15.0. The predicted molar refractivity (Wildman–Crippen MR) is 70.2 cm³/mol. The number of amides is 1. The van der Waals surface area contributed by atoms with Gasteiger partial charge < -0.3 is 15.2 Å². The molecule has 2 N–H and O–H groups in total. The molecule has 1 rings (SSSR count). The molecule has 0 bridgehead atoms. The van der Waals surface area contributed by atoms with Crippen molar-refractivity contribution in [2.75, 3.05) is 20.3 Å². The van der Waals surface area contributed by atoms with E-state index in [9.17, 15) is 18.7 Å². The summed E-state index contributed by atoms with van der Waals surface area (Å²) >= 11 is 0. The zero-order valence-corrected chi connectivity index (χ0v) is 11.4. The highest BCUT2D eigenvalue weighted by molar-refractivity contribution is 5.76. The summed E-state index contributed by atoms with van der Waals surface area (Å²) in [5.41, 5.74) is 0.180. The Morgan fingerprint density at radius 1 is 1.45 bits per heavy atom. The Kier molecular flexibility index (Phi) is 7.11. The molecule has 4 nitrogen and oxygen atoms in total. The van der Waals surface area contributed by atoms with Crippen LogP contribution >= 0.6 is 0 Å². The third-order valence-electron chi connectivity index (χ3n) is 2.81. The number of carbonyl (C=O) groups excluding carboxylic acids is 1. The van der Waals surface area contributed by atoms with E-state index in [1.807, 2.05) is 0 Å². The fraction of sp³-hybridized carbons (Fsp3) is 0.500. The third-order valence-corrected chi connectivity index (χ3v) is 2.81. The molecule has 0 fully saturated rings. The van der Waals surface area contributed by atoms with Crippen LogP contribution in [0, 0.1) is 11.6 Å². The van der Waals surface area contributed by atoms with E-state index in [1.54, 1.807) is 0 Å². The van der Waals surface area contributed by atoms with Gasteiger partial charge in [-0.15, -0.1) is 0 Å². The molecule has 0 aromatic heterocycles. The van der Waals surface area contributed by atoms with E-state index >= 15 is 0 Å². The van der Waals surface area contributed by atoms with Gasteiger partial charge in [0.05, 0.1) is 12.7 Å². The van der Waals surface area contributed by atoms with Crippen molar-refractivity contribution in [3.63, 3.8) is 0 Å². The van der Waals surface area contributed by atoms with Crippen LogP contribution in [-0.4, -0.2) is 37.4 Å². The number of ether oxygens (including phenoxy) is 1. The van der Waals surface area contributed by atoms with Crippen molar-refractivity contribution >= 4 is 5.91 Å². The van der Waals surface area contributed by atoms with Crippen molar-refractivity contribution < 1.29 is 23.4 Å². The fourth-order valence-corrected chi connectivity index (χ4v) is 1.73. The molecule has 1 aromatic carbocycles. The number of rotatable bonds is 8. The maximum atomic E-state index is 13.3. The molecule has 1 amide bonds. The smallest absolute Gasteiger partial charge is 0.220 e. The normalized spacial score (nSPS) is 12.2. The molecule has 1 aromatic rings. The second kappa shape index (κ2) is 8.60. The largest absolute Gasteiger partial charge is 0.391 e. The molecule has 0 radical (unpaired) electrons. The second-order valence-corrected chi connectivity index (χ2v) is 4.46. The minimum atomic E-state index is -0.911. The van der Waals surface area contributed by atoms with Gasteiger partial charge in [-0.3, -0.25) is 4.79 Å². The van der Waals surface area contributed by atoms with Gasteiger partial charge in [0.1, 0.15) is 0 Å². The van der Waals surface area contributed by atoms with Crippen molar-refractivity contribution in [2.24, 2.45) is 0 Å². The molecule has 6 heteroatoms. The third kappa shape index (κ3) is 5.63. The average Bonchev–Trinajstić information content (AvgIpc) is 2.41. The van der Waals surface area contributed by atoms with Gasteiger partial charge in [-0.25, -0.2) is 8.78 Å². The standard InChI is InChI=1S/C14H19F2NO3/c1-20-9-11(18)7-8-17-13(19)6-5-10-3-2-4-12(15)14(10)16/h2-4,11,18H,5-9H2,1H3,(H,17,19). The Morgan fingerprint density at radius 3 is 2.90 bits per heavy atom. The van der Waals surface area contributed by atoms with Crippen LogP contribution in [-0.2, 0) is 16.0 Å². The first-order valence-corrected chi connectivity index (χ1v) is 6.41. The number of aliphatic hydroxyl groups excluding tert-OH is 1. The number of nitrogens with one attached hydrogen (secondary N) is 1. The van der Waals surface area contributed by atoms with Crippen LogP contribution in [0.5, 0.6) is 0 Å². The van der Waals surface area contributed by atoms with Gasteiger partial charge in [0.15, 0.2) is 11.6 Å². The molecule has 112 valence electrons. The molecule has 0 aliphatic rings. The van der Waals surface area contributed by atoms with Gasteiger partial charge in [-0.1, -0.05) is 12.1 Å². The topological polar surface area (TPSA) is 58.6 Å². The van der Waals surface area contributed by atoms with Gasteiger partial charge in [-0.2, -0.15) is 0 Å². The summed E-state index contributed by atoms with van der Waals surface area (Å²) in [6.07, 6.45) is -0.0361. The Bertz CT molecular complexity index is 440. The summed E-state index contributed by atoms with van der Waals surface area (Å²) < 4.78 is 31.0. The van der Waals surface area contributed by atoms with Crippen molar-refractivity contribution in [1.29, 1.82) is 0 Å². The lowest BCUT2D eigenvalue weighted by atomic mass is 10.1. The molecule has 1 unspecified atom stereocenters. The number of hydrogen-bond donors (Lipinski definition) is 2. The van der Waals surface area contributed by atoms with Gasteiger partial charge >= 0.3 is 0 Å². The van der Waals surface area contributed by atoms with Gasteiger partial charge in [0, 0.05) is 20.1 Å². The second-order valence-electron chi connectivity index (χ2n) is 4.46. The van der Waals surface area contributed by atoms with E-state index in [4.69, 9.17) is 4.74 Å². The first-order chi connectivity index (χ1) is 9.54. The molecular weight excluding hydrogens is 268 g/mol. The highest BCUT2D eigenvalue weighted by Gasteiger charge is 2.10. The summed E-state index contributed by atoms with van der Waals surface area (Å²) in [6.45, 7) is 0.527. The predicted octanol–water partition coefficient (Wildman–Crippen LogP) is 1.41. The van der Waals surface area contributed by atoms with Crippen molar-refractivity contribution in [2.45, 2.75) is 25.4 Å². The minimum absolute atomic E-state index is 0.0702. The highest BCUT2D eigenvalue weighted by Crippen LogP contribution is 2.12.